The lowest BCUT2D eigenvalue weighted by Crippen LogP contribution is -2.38. The van der Waals surface area contributed by atoms with Gasteiger partial charge in [-0.25, -0.2) is 0 Å². The first kappa shape index (κ1) is 22.9. The molecule has 0 spiro atoms. The highest BCUT2D eigenvalue weighted by Crippen LogP contribution is 2.25. The van der Waals surface area contributed by atoms with Gasteiger partial charge in [0, 0.05) is 38.8 Å². The molecular formula is C20H28IN3O3. The summed E-state index contributed by atoms with van der Waals surface area (Å²) in [5.74, 6) is 3.22. The minimum Gasteiger partial charge on any atom is -0.497 e. The standard InChI is InChI=1S/C20H27N3O3.HI/c1-21-20(22-13-15-6-9-17(24-3)10-7-15)23(2)14-16-8-11-18(25-4)12-19(16)26-5;/h6-12H,13-14H2,1-5H3,(H,21,22);1H. The Labute approximate surface area is 178 Å². The van der Waals surface area contributed by atoms with E-state index in [1.807, 2.05) is 54.4 Å². The minimum atomic E-state index is 0. The predicted octanol–water partition coefficient (Wildman–Crippen LogP) is 3.54. The predicted molar refractivity (Wildman–Crippen MR) is 120 cm³/mol. The lowest BCUT2D eigenvalue weighted by molar-refractivity contribution is 0.382. The van der Waals surface area contributed by atoms with Gasteiger partial charge in [-0.1, -0.05) is 12.1 Å². The molecule has 0 radical (unpaired) electrons. The number of halogens is 1. The normalized spacial score (nSPS) is 10.6. The van der Waals surface area contributed by atoms with Crippen molar-refractivity contribution in [2.24, 2.45) is 4.99 Å². The second-order valence-corrected chi connectivity index (χ2v) is 5.78. The number of rotatable bonds is 7. The summed E-state index contributed by atoms with van der Waals surface area (Å²) in [4.78, 5) is 6.41. The summed E-state index contributed by atoms with van der Waals surface area (Å²) in [7, 11) is 8.74. The molecule has 0 aromatic heterocycles. The summed E-state index contributed by atoms with van der Waals surface area (Å²) in [5.41, 5.74) is 2.21. The molecule has 0 saturated carbocycles. The Balaban J connectivity index is 0.00000364. The number of benzene rings is 2. The van der Waals surface area contributed by atoms with Crippen molar-refractivity contribution in [3.05, 3.63) is 53.6 Å². The van der Waals surface area contributed by atoms with E-state index < -0.39 is 0 Å². The summed E-state index contributed by atoms with van der Waals surface area (Å²) >= 11 is 0. The van der Waals surface area contributed by atoms with E-state index >= 15 is 0 Å². The van der Waals surface area contributed by atoms with E-state index in [1.54, 1.807) is 28.4 Å². The summed E-state index contributed by atoms with van der Waals surface area (Å²) in [6.45, 7) is 1.34. The first-order valence-corrected chi connectivity index (χ1v) is 8.37. The molecule has 27 heavy (non-hydrogen) atoms. The number of nitrogens with zero attached hydrogens (tertiary/aromatic N) is 2. The molecule has 6 nitrogen and oxygen atoms in total. The van der Waals surface area contributed by atoms with Gasteiger partial charge in [0.05, 0.1) is 21.3 Å². The van der Waals surface area contributed by atoms with Gasteiger partial charge < -0.3 is 24.4 Å². The van der Waals surface area contributed by atoms with Crippen LogP contribution in [0.4, 0.5) is 0 Å². The van der Waals surface area contributed by atoms with Gasteiger partial charge in [0.2, 0.25) is 0 Å². The average molecular weight is 485 g/mol. The number of nitrogens with one attached hydrogen (secondary N) is 1. The first-order valence-electron chi connectivity index (χ1n) is 8.37. The van der Waals surface area contributed by atoms with Crippen LogP contribution in [0.1, 0.15) is 11.1 Å². The Hall–Kier alpha value is -2.16. The molecule has 0 amide bonds. The van der Waals surface area contributed by atoms with E-state index in [4.69, 9.17) is 14.2 Å². The molecule has 1 N–H and O–H groups in total. The Morgan fingerprint density at radius 2 is 1.59 bits per heavy atom. The van der Waals surface area contributed by atoms with Crippen LogP contribution < -0.4 is 19.5 Å². The summed E-state index contributed by atoms with van der Waals surface area (Å²) in [6, 6.07) is 13.8. The fourth-order valence-electron chi connectivity index (χ4n) is 2.62. The van der Waals surface area contributed by atoms with E-state index in [2.05, 4.69) is 10.3 Å². The molecule has 0 saturated heterocycles. The van der Waals surface area contributed by atoms with Crippen LogP contribution in [0.3, 0.4) is 0 Å². The number of hydrogen-bond acceptors (Lipinski definition) is 4. The maximum absolute atomic E-state index is 5.47. The smallest absolute Gasteiger partial charge is 0.193 e. The fraction of sp³-hybridized carbons (Fsp3) is 0.350. The second-order valence-electron chi connectivity index (χ2n) is 5.78. The van der Waals surface area contributed by atoms with Gasteiger partial charge in [-0.2, -0.15) is 0 Å². The van der Waals surface area contributed by atoms with Crippen LogP contribution in [0.5, 0.6) is 17.2 Å². The maximum Gasteiger partial charge on any atom is 0.193 e. The molecule has 0 aliphatic rings. The molecule has 0 aliphatic carbocycles. The molecule has 0 bridgehead atoms. The van der Waals surface area contributed by atoms with Crippen molar-refractivity contribution in [3.8, 4) is 17.2 Å². The number of ether oxygens (including phenoxy) is 3. The maximum atomic E-state index is 5.47. The van der Waals surface area contributed by atoms with Crippen molar-refractivity contribution in [1.29, 1.82) is 0 Å². The summed E-state index contributed by atoms with van der Waals surface area (Å²) in [6.07, 6.45) is 0. The Morgan fingerprint density at radius 1 is 0.963 bits per heavy atom. The lowest BCUT2D eigenvalue weighted by atomic mass is 10.2. The third-order valence-corrected chi connectivity index (χ3v) is 4.08. The Bertz CT molecular complexity index is 736. The van der Waals surface area contributed by atoms with Crippen LogP contribution in [0.15, 0.2) is 47.5 Å². The SMILES string of the molecule is CN=C(NCc1ccc(OC)cc1)N(C)Cc1ccc(OC)cc1OC.I. The first-order chi connectivity index (χ1) is 12.6. The van der Waals surface area contributed by atoms with E-state index in [-0.39, 0.29) is 24.0 Å². The van der Waals surface area contributed by atoms with Gasteiger partial charge in [-0.05, 0) is 29.8 Å². The quantitative estimate of drug-likeness (QED) is 0.370. The van der Waals surface area contributed by atoms with Crippen LogP contribution in [0, 0.1) is 0 Å². The van der Waals surface area contributed by atoms with Crippen LogP contribution in [0.25, 0.3) is 0 Å². The molecule has 0 aliphatic heterocycles. The van der Waals surface area contributed by atoms with Gasteiger partial charge >= 0.3 is 0 Å². The minimum absolute atomic E-state index is 0. The van der Waals surface area contributed by atoms with Gasteiger partial charge in [0.1, 0.15) is 17.2 Å². The molecular weight excluding hydrogens is 457 g/mol. The second kappa shape index (κ2) is 11.5. The van der Waals surface area contributed by atoms with Crippen LogP contribution in [-0.2, 0) is 13.1 Å². The highest BCUT2D eigenvalue weighted by atomic mass is 127. The van der Waals surface area contributed by atoms with Crippen molar-refractivity contribution in [3.63, 3.8) is 0 Å². The number of aliphatic imine (C=N–C) groups is 1. The third kappa shape index (κ3) is 6.50. The van der Waals surface area contributed by atoms with Crippen molar-refractivity contribution >= 4 is 29.9 Å². The highest BCUT2D eigenvalue weighted by molar-refractivity contribution is 14.0. The fourth-order valence-corrected chi connectivity index (χ4v) is 2.62. The third-order valence-electron chi connectivity index (χ3n) is 4.08. The summed E-state index contributed by atoms with van der Waals surface area (Å²) in [5, 5.41) is 3.37. The molecule has 0 fully saturated rings. The molecule has 0 atom stereocenters. The molecule has 0 unspecified atom stereocenters. The largest absolute Gasteiger partial charge is 0.497 e. The number of guanidine groups is 1. The highest BCUT2D eigenvalue weighted by Gasteiger charge is 2.11. The van der Waals surface area contributed by atoms with Crippen LogP contribution >= 0.6 is 24.0 Å². The average Bonchev–Trinajstić information content (AvgIpc) is 2.69. The van der Waals surface area contributed by atoms with E-state index in [0.29, 0.717) is 13.1 Å². The number of methoxy groups -OCH3 is 3. The Kier molecular flexibility index (Phi) is 9.77. The topological polar surface area (TPSA) is 55.3 Å². The van der Waals surface area contributed by atoms with Crippen molar-refractivity contribution in [2.45, 2.75) is 13.1 Å². The van der Waals surface area contributed by atoms with Crippen LogP contribution in [-0.4, -0.2) is 46.3 Å². The van der Waals surface area contributed by atoms with Gasteiger partial charge in [-0.15, -0.1) is 24.0 Å². The van der Waals surface area contributed by atoms with Gasteiger partial charge in [-0.3, -0.25) is 4.99 Å². The van der Waals surface area contributed by atoms with E-state index in [1.165, 1.54) is 0 Å². The monoisotopic (exact) mass is 485 g/mol. The zero-order valence-corrected chi connectivity index (χ0v) is 18.8. The van der Waals surface area contributed by atoms with Crippen molar-refractivity contribution in [1.82, 2.24) is 10.2 Å². The van der Waals surface area contributed by atoms with E-state index in [9.17, 15) is 0 Å². The molecule has 0 heterocycles. The molecule has 2 aromatic rings. The molecule has 2 rings (SSSR count). The molecule has 7 heteroatoms. The summed E-state index contributed by atoms with van der Waals surface area (Å²) < 4.78 is 15.9. The van der Waals surface area contributed by atoms with Gasteiger partial charge in [0.25, 0.3) is 0 Å². The lowest BCUT2D eigenvalue weighted by Gasteiger charge is -2.23. The van der Waals surface area contributed by atoms with Gasteiger partial charge in [0.15, 0.2) is 5.96 Å². The molecule has 2 aromatic carbocycles. The van der Waals surface area contributed by atoms with Crippen LogP contribution in [0.2, 0.25) is 0 Å². The van der Waals surface area contributed by atoms with Crippen molar-refractivity contribution in [2.75, 3.05) is 35.4 Å². The number of hydrogen-bond donors (Lipinski definition) is 1. The van der Waals surface area contributed by atoms with E-state index in [0.717, 1.165) is 34.3 Å². The zero-order valence-electron chi connectivity index (χ0n) is 16.5. The van der Waals surface area contributed by atoms with Crippen molar-refractivity contribution < 1.29 is 14.2 Å². The zero-order chi connectivity index (χ0) is 18.9. The Morgan fingerprint density at radius 3 is 2.15 bits per heavy atom. The molecule has 148 valence electrons.